The summed E-state index contributed by atoms with van der Waals surface area (Å²) < 4.78 is 0. The van der Waals surface area contributed by atoms with Crippen molar-refractivity contribution in [2.24, 2.45) is 5.92 Å². The van der Waals surface area contributed by atoms with Gasteiger partial charge in [0, 0.05) is 31.6 Å². The lowest BCUT2D eigenvalue weighted by molar-refractivity contribution is 0.692. The lowest BCUT2D eigenvalue weighted by Crippen LogP contribution is -2.29. The summed E-state index contributed by atoms with van der Waals surface area (Å²) in [6.45, 7) is 11.9. The first-order chi connectivity index (χ1) is 10.2. The van der Waals surface area contributed by atoms with Crippen molar-refractivity contribution >= 4 is 11.6 Å². The van der Waals surface area contributed by atoms with Crippen LogP contribution >= 0.6 is 0 Å². The largest absolute Gasteiger partial charge is 0.370 e. The molecule has 2 rings (SSSR count). The number of aryl methyl sites for hydroxylation is 1. The predicted octanol–water partition coefficient (Wildman–Crippen LogP) is 3.80. The van der Waals surface area contributed by atoms with Gasteiger partial charge in [-0.15, -0.1) is 0 Å². The van der Waals surface area contributed by atoms with E-state index in [9.17, 15) is 0 Å². The summed E-state index contributed by atoms with van der Waals surface area (Å²) in [6, 6.07) is 0. The molecule has 0 aliphatic heterocycles. The molecule has 1 aromatic heterocycles. The Morgan fingerprint density at radius 2 is 1.90 bits per heavy atom. The summed E-state index contributed by atoms with van der Waals surface area (Å²) in [5.41, 5.74) is 1.20. The van der Waals surface area contributed by atoms with Gasteiger partial charge in [-0.1, -0.05) is 20.8 Å². The summed E-state index contributed by atoms with van der Waals surface area (Å²) in [5.74, 6) is 4.00. The summed E-state index contributed by atoms with van der Waals surface area (Å²) in [6.07, 6.45) is 5.92. The molecule has 21 heavy (non-hydrogen) atoms. The Balaban J connectivity index is 2.28. The fraction of sp³-hybridized carbons (Fsp3) is 0.765. The van der Waals surface area contributed by atoms with Crippen LogP contribution < -0.4 is 10.2 Å². The molecule has 1 aliphatic rings. The molecule has 0 spiro atoms. The second kappa shape index (κ2) is 7.62. The van der Waals surface area contributed by atoms with Gasteiger partial charge in [0.1, 0.15) is 17.5 Å². The highest BCUT2D eigenvalue weighted by atomic mass is 15.2. The maximum atomic E-state index is 4.83. The Kier molecular flexibility index (Phi) is 5.83. The molecule has 0 bridgehead atoms. The van der Waals surface area contributed by atoms with Crippen molar-refractivity contribution in [1.29, 1.82) is 0 Å². The smallest absolute Gasteiger partial charge is 0.137 e. The Hall–Kier alpha value is -1.32. The zero-order valence-corrected chi connectivity index (χ0v) is 14.1. The van der Waals surface area contributed by atoms with Crippen LogP contribution in [0.15, 0.2) is 0 Å². The van der Waals surface area contributed by atoms with Crippen LogP contribution in [-0.4, -0.2) is 29.6 Å². The normalized spacial score (nSPS) is 14.3. The topological polar surface area (TPSA) is 41.1 Å². The van der Waals surface area contributed by atoms with Gasteiger partial charge >= 0.3 is 0 Å². The van der Waals surface area contributed by atoms with Gasteiger partial charge in [-0.3, -0.25) is 0 Å². The van der Waals surface area contributed by atoms with Crippen LogP contribution in [0.4, 0.5) is 11.6 Å². The first-order valence-corrected chi connectivity index (χ1v) is 8.55. The molecule has 0 amide bonds. The maximum absolute atomic E-state index is 4.83. The lowest BCUT2D eigenvalue weighted by atomic mass is 10.2. The molecule has 0 radical (unpaired) electrons. The SMILES string of the molecule is CCCNc1nc(CC)nc(N(CCC)CC2CC2)c1C. The molecule has 0 aromatic carbocycles. The fourth-order valence-electron chi connectivity index (χ4n) is 2.60. The van der Waals surface area contributed by atoms with Gasteiger partial charge in [-0.2, -0.15) is 0 Å². The number of nitrogens with zero attached hydrogens (tertiary/aromatic N) is 3. The van der Waals surface area contributed by atoms with E-state index in [1.807, 2.05) is 0 Å². The van der Waals surface area contributed by atoms with Crippen molar-refractivity contribution in [2.45, 2.75) is 59.8 Å². The highest BCUT2D eigenvalue weighted by Gasteiger charge is 2.26. The monoisotopic (exact) mass is 290 g/mol. The minimum absolute atomic E-state index is 0.878. The van der Waals surface area contributed by atoms with E-state index in [1.54, 1.807) is 0 Å². The van der Waals surface area contributed by atoms with E-state index in [4.69, 9.17) is 4.98 Å². The van der Waals surface area contributed by atoms with E-state index in [-0.39, 0.29) is 0 Å². The van der Waals surface area contributed by atoms with Gasteiger partial charge in [-0.05, 0) is 38.5 Å². The summed E-state index contributed by atoms with van der Waals surface area (Å²) >= 11 is 0. The number of nitrogens with one attached hydrogen (secondary N) is 1. The molecule has 4 nitrogen and oxygen atoms in total. The van der Waals surface area contributed by atoms with Gasteiger partial charge in [0.05, 0.1) is 0 Å². The molecule has 0 saturated heterocycles. The van der Waals surface area contributed by atoms with Crippen LogP contribution in [0.1, 0.15) is 57.8 Å². The molecule has 1 heterocycles. The molecule has 1 fully saturated rings. The van der Waals surface area contributed by atoms with Crippen molar-refractivity contribution in [2.75, 3.05) is 29.9 Å². The average Bonchev–Trinajstić information content (AvgIpc) is 3.30. The lowest BCUT2D eigenvalue weighted by Gasteiger charge is -2.26. The number of aromatic nitrogens is 2. The number of hydrogen-bond donors (Lipinski definition) is 1. The van der Waals surface area contributed by atoms with Gasteiger partial charge < -0.3 is 10.2 Å². The van der Waals surface area contributed by atoms with E-state index in [2.05, 4.69) is 42.9 Å². The molecule has 0 unspecified atom stereocenters. The van der Waals surface area contributed by atoms with Crippen LogP contribution in [0, 0.1) is 12.8 Å². The summed E-state index contributed by atoms with van der Waals surface area (Å²) in [7, 11) is 0. The standard InChI is InChI=1S/C17H30N4/c1-5-10-18-16-13(4)17(20-15(7-3)19-16)21(11-6-2)12-14-8-9-14/h14H,5-12H2,1-4H3,(H,18,19,20). The van der Waals surface area contributed by atoms with Gasteiger partial charge in [0.25, 0.3) is 0 Å². The van der Waals surface area contributed by atoms with E-state index in [0.717, 1.165) is 62.3 Å². The molecule has 118 valence electrons. The van der Waals surface area contributed by atoms with Crippen molar-refractivity contribution < 1.29 is 0 Å². The predicted molar refractivity (Wildman–Crippen MR) is 90.2 cm³/mol. The molecule has 1 aliphatic carbocycles. The molecule has 1 saturated carbocycles. The molecular formula is C17H30N4. The van der Waals surface area contributed by atoms with Crippen molar-refractivity contribution in [3.05, 3.63) is 11.4 Å². The van der Waals surface area contributed by atoms with E-state index < -0.39 is 0 Å². The Bertz CT molecular complexity index is 454. The van der Waals surface area contributed by atoms with Crippen molar-refractivity contribution in [3.8, 4) is 0 Å². The Morgan fingerprint density at radius 3 is 2.48 bits per heavy atom. The van der Waals surface area contributed by atoms with Crippen LogP contribution in [0.3, 0.4) is 0 Å². The third-order valence-electron chi connectivity index (χ3n) is 3.99. The Labute approximate surface area is 129 Å². The quantitative estimate of drug-likeness (QED) is 0.751. The van der Waals surface area contributed by atoms with E-state index in [0.29, 0.717) is 0 Å². The van der Waals surface area contributed by atoms with Crippen molar-refractivity contribution in [1.82, 2.24) is 9.97 Å². The average molecular weight is 290 g/mol. The van der Waals surface area contributed by atoms with Crippen molar-refractivity contribution in [3.63, 3.8) is 0 Å². The minimum Gasteiger partial charge on any atom is -0.370 e. The van der Waals surface area contributed by atoms with Gasteiger partial charge in [0.2, 0.25) is 0 Å². The highest BCUT2D eigenvalue weighted by Crippen LogP contribution is 2.33. The second-order valence-corrected chi connectivity index (χ2v) is 6.11. The molecule has 0 atom stereocenters. The zero-order chi connectivity index (χ0) is 15.2. The van der Waals surface area contributed by atoms with Crippen LogP contribution in [-0.2, 0) is 6.42 Å². The third kappa shape index (κ3) is 4.32. The maximum Gasteiger partial charge on any atom is 0.137 e. The fourth-order valence-corrected chi connectivity index (χ4v) is 2.60. The number of anilines is 2. The molecular weight excluding hydrogens is 260 g/mol. The van der Waals surface area contributed by atoms with Gasteiger partial charge in [-0.25, -0.2) is 9.97 Å². The third-order valence-corrected chi connectivity index (χ3v) is 3.99. The number of hydrogen-bond acceptors (Lipinski definition) is 4. The Morgan fingerprint density at radius 1 is 1.14 bits per heavy atom. The minimum atomic E-state index is 0.878. The zero-order valence-electron chi connectivity index (χ0n) is 14.1. The van der Waals surface area contributed by atoms with Crippen LogP contribution in [0.2, 0.25) is 0 Å². The van der Waals surface area contributed by atoms with E-state index >= 15 is 0 Å². The summed E-state index contributed by atoms with van der Waals surface area (Å²) in [5, 5.41) is 3.47. The first-order valence-electron chi connectivity index (χ1n) is 8.55. The molecule has 1 aromatic rings. The second-order valence-electron chi connectivity index (χ2n) is 6.11. The van der Waals surface area contributed by atoms with Crippen LogP contribution in [0.25, 0.3) is 0 Å². The summed E-state index contributed by atoms with van der Waals surface area (Å²) in [4.78, 5) is 12.0. The first kappa shape index (κ1) is 16.1. The number of rotatable bonds is 9. The molecule has 4 heteroatoms. The molecule has 1 N–H and O–H groups in total. The van der Waals surface area contributed by atoms with Crippen LogP contribution in [0.5, 0.6) is 0 Å². The van der Waals surface area contributed by atoms with E-state index in [1.165, 1.54) is 18.4 Å². The van der Waals surface area contributed by atoms with Gasteiger partial charge in [0.15, 0.2) is 0 Å². The highest BCUT2D eigenvalue weighted by molar-refractivity contribution is 5.58.